The Morgan fingerprint density at radius 3 is 2.75 bits per heavy atom. The molecule has 5 nitrogen and oxygen atoms in total. The predicted molar refractivity (Wildman–Crippen MR) is 64.5 cm³/mol. The van der Waals surface area contributed by atoms with Gasteiger partial charge in [-0.1, -0.05) is 0 Å². The van der Waals surface area contributed by atoms with Crippen LogP contribution in [0.15, 0.2) is 12.4 Å². The molecule has 0 aliphatic heterocycles. The third-order valence-electron chi connectivity index (χ3n) is 2.74. The first-order valence-electron chi connectivity index (χ1n) is 6.10. The second kappa shape index (κ2) is 7.55. The Morgan fingerprint density at radius 1 is 1.50 bits per heavy atom. The predicted octanol–water partition coefficient (Wildman–Crippen LogP) is 1.19. The minimum absolute atomic E-state index is 0.213. The number of hydrogen-bond acceptors (Lipinski definition) is 4. The monoisotopic (exact) mass is 298 g/mol. The zero-order valence-electron chi connectivity index (χ0n) is 11.0. The number of rotatable bonds is 9. The Kier molecular flexibility index (Phi) is 6.37. The van der Waals surface area contributed by atoms with Crippen LogP contribution in [0.1, 0.15) is 12.7 Å². The van der Waals surface area contributed by atoms with Crippen LogP contribution < -0.4 is 11.3 Å². The third-order valence-corrected chi connectivity index (χ3v) is 2.74. The zero-order valence-corrected chi connectivity index (χ0v) is 11.0. The van der Waals surface area contributed by atoms with Crippen LogP contribution in [-0.4, -0.2) is 41.2 Å². The van der Waals surface area contributed by atoms with E-state index in [0.29, 0.717) is 18.8 Å². The summed E-state index contributed by atoms with van der Waals surface area (Å²) in [7, 11) is 0. The molecule has 0 aliphatic carbocycles. The van der Waals surface area contributed by atoms with E-state index < -0.39 is 25.0 Å². The van der Waals surface area contributed by atoms with Crippen molar-refractivity contribution in [3.8, 4) is 0 Å². The summed E-state index contributed by atoms with van der Waals surface area (Å²) in [5.41, 5.74) is 2.40. The van der Waals surface area contributed by atoms with Gasteiger partial charge in [0.05, 0.1) is 12.6 Å². The molecular weight excluding hydrogens is 280 g/mol. The van der Waals surface area contributed by atoms with Gasteiger partial charge in [-0.2, -0.15) is 8.78 Å². The lowest BCUT2D eigenvalue weighted by molar-refractivity contribution is -0.167. The summed E-state index contributed by atoms with van der Waals surface area (Å²) in [4.78, 5) is 4.10. The first-order chi connectivity index (χ1) is 9.40. The molecule has 1 rings (SSSR count). The second-order valence-electron chi connectivity index (χ2n) is 4.27. The van der Waals surface area contributed by atoms with Crippen molar-refractivity contribution in [1.82, 2.24) is 15.0 Å². The standard InChI is InChI=1S/C11H18F4N4O/c1-2-19-4-3-17-9(19)5-8(18-16)6-20-7-11(14,15)10(12)13/h3-4,8,10,18H,2,5-7,16H2,1H3. The molecule has 0 bridgehead atoms. The topological polar surface area (TPSA) is 65.1 Å². The maximum absolute atomic E-state index is 12.7. The average Bonchev–Trinajstić information content (AvgIpc) is 2.84. The number of nitrogens with zero attached hydrogens (tertiary/aromatic N) is 2. The first kappa shape index (κ1) is 16.9. The van der Waals surface area contributed by atoms with Crippen molar-refractivity contribution in [3.05, 3.63) is 18.2 Å². The van der Waals surface area contributed by atoms with Gasteiger partial charge in [-0.05, 0) is 6.92 Å². The largest absolute Gasteiger partial charge is 0.373 e. The fourth-order valence-electron chi connectivity index (χ4n) is 1.60. The van der Waals surface area contributed by atoms with Gasteiger partial charge in [-0.3, -0.25) is 11.3 Å². The lowest BCUT2D eigenvalue weighted by Gasteiger charge is -2.19. The van der Waals surface area contributed by atoms with Crippen molar-refractivity contribution in [3.63, 3.8) is 0 Å². The number of imidazole rings is 1. The van der Waals surface area contributed by atoms with Crippen molar-refractivity contribution < 1.29 is 22.3 Å². The third kappa shape index (κ3) is 4.73. The second-order valence-corrected chi connectivity index (χ2v) is 4.27. The molecule has 1 atom stereocenters. The van der Waals surface area contributed by atoms with E-state index in [1.54, 1.807) is 12.4 Å². The molecule has 1 unspecified atom stereocenters. The number of hydrazine groups is 1. The lowest BCUT2D eigenvalue weighted by Crippen LogP contribution is -2.42. The van der Waals surface area contributed by atoms with Gasteiger partial charge in [0.1, 0.15) is 12.4 Å². The smallest absolute Gasteiger partial charge is 0.330 e. The van der Waals surface area contributed by atoms with E-state index in [4.69, 9.17) is 5.84 Å². The SMILES string of the molecule is CCn1ccnc1CC(COCC(F)(F)C(F)F)NN. The number of aryl methyl sites for hydroxylation is 1. The molecule has 0 spiro atoms. The van der Waals surface area contributed by atoms with Crippen molar-refractivity contribution in [2.45, 2.75) is 38.3 Å². The van der Waals surface area contributed by atoms with Crippen molar-refractivity contribution >= 4 is 0 Å². The van der Waals surface area contributed by atoms with Crippen LogP contribution in [-0.2, 0) is 17.7 Å². The molecule has 20 heavy (non-hydrogen) atoms. The molecule has 1 aromatic rings. The first-order valence-corrected chi connectivity index (χ1v) is 6.10. The number of hydrogen-bond donors (Lipinski definition) is 2. The summed E-state index contributed by atoms with van der Waals surface area (Å²) in [5, 5.41) is 0. The summed E-state index contributed by atoms with van der Waals surface area (Å²) in [5.74, 6) is 1.84. The molecule has 9 heteroatoms. The molecule has 0 aromatic carbocycles. The maximum atomic E-state index is 12.7. The molecule has 0 radical (unpaired) electrons. The highest BCUT2D eigenvalue weighted by atomic mass is 19.3. The summed E-state index contributed by atoms with van der Waals surface area (Å²) in [6.45, 7) is 1.08. The number of nitrogens with two attached hydrogens (primary N) is 1. The molecule has 1 heterocycles. The van der Waals surface area contributed by atoms with Gasteiger partial charge in [-0.25, -0.2) is 13.8 Å². The molecule has 0 saturated carbocycles. The average molecular weight is 298 g/mol. The fourth-order valence-corrected chi connectivity index (χ4v) is 1.60. The molecule has 0 aliphatic rings. The van der Waals surface area contributed by atoms with Gasteiger partial charge < -0.3 is 9.30 Å². The quantitative estimate of drug-likeness (QED) is 0.408. The van der Waals surface area contributed by atoms with Crippen LogP contribution in [0.4, 0.5) is 17.6 Å². The highest BCUT2D eigenvalue weighted by Gasteiger charge is 2.41. The number of halogens is 4. The van der Waals surface area contributed by atoms with Crippen LogP contribution in [0.3, 0.4) is 0 Å². The highest BCUT2D eigenvalue weighted by molar-refractivity contribution is 4.95. The molecule has 0 fully saturated rings. The van der Waals surface area contributed by atoms with Crippen molar-refractivity contribution in [2.75, 3.05) is 13.2 Å². The molecule has 3 N–H and O–H groups in total. The lowest BCUT2D eigenvalue weighted by atomic mass is 10.2. The van der Waals surface area contributed by atoms with Crippen LogP contribution >= 0.6 is 0 Å². The summed E-state index contributed by atoms with van der Waals surface area (Å²) < 4.78 is 55.7. The summed E-state index contributed by atoms with van der Waals surface area (Å²) >= 11 is 0. The molecule has 116 valence electrons. The van der Waals surface area contributed by atoms with Crippen molar-refractivity contribution in [2.24, 2.45) is 5.84 Å². The summed E-state index contributed by atoms with van der Waals surface area (Å²) in [6.07, 6.45) is -0.0179. The van der Waals surface area contributed by atoms with Crippen LogP contribution in [0.25, 0.3) is 0 Å². The van der Waals surface area contributed by atoms with E-state index in [-0.39, 0.29) is 6.61 Å². The van der Waals surface area contributed by atoms with E-state index >= 15 is 0 Å². The van der Waals surface area contributed by atoms with Gasteiger partial charge in [0.2, 0.25) is 0 Å². The fraction of sp³-hybridized carbons (Fsp3) is 0.727. The number of aromatic nitrogens is 2. The van der Waals surface area contributed by atoms with E-state index in [2.05, 4.69) is 15.1 Å². The van der Waals surface area contributed by atoms with Crippen LogP contribution in [0.5, 0.6) is 0 Å². The minimum Gasteiger partial charge on any atom is -0.373 e. The van der Waals surface area contributed by atoms with Gasteiger partial charge in [0.25, 0.3) is 0 Å². The number of nitrogens with one attached hydrogen (secondary N) is 1. The number of alkyl halides is 4. The molecular formula is C11H18F4N4O. The van der Waals surface area contributed by atoms with Gasteiger partial charge >= 0.3 is 12.3 Å². The van der Waals surface area contributed by atoms with E-state index in [9.17, 15) is 17.6 Å². The van der Waals surface area contributed by atoms with E-state index in [0.717, 1.165) is 0 Å². The zero-order chi connectivity index (χ0) is 15.2. The Labute approximate surface area is 114 Å². The van der Waals surface area contributed by atoms with Gasteiger partial charge in [-0.15, -0.1) is 0 Å². The number of ether oxygens (including phenoxy) is 1. The minimum atomic E-state index is -4.15. The highest BCUT2D eigenvalue weighted by Crippen LogP contribution is 2.22. The summed E-state index contributed by atoms with van der Waals surface area (Å²) in [6, 6.07) is -0.490. The Bertz CT molecular complexity index is 400. The van der Waals surface area contributed by atoms with Gasteiger partial charge in [0.15, 0.2) is 0 Å². The maximum Gasteiger partial charge on any atom is 0.330 e. The van der Waals surface area contributed by atoms with Crippen LogP contribution in [0, 0.1) is 0 Å². The Balaban J connectivity index is 2.44. The normalized spacial score (nSPS) is 13.9. The molecule has 1 aromatic heterocycles. The van der Waals surface area contributed by atoms with Crippen molar-refractivity contribution in [1.29, 1.82) is 0 Å². The molecule has 0 saturated heterocycles. The Hall–Kier alpha value is -1.19. The Morgan fingerprint density at radius 2 is 2.20 bits per heavy atom. The molecule has 0 amide bonds. The van der Waals surface area contributed by atoms with Crippen LogP contribution in [0.2, 0.25) is 0 Å². The van der Waals surface area contributed by atoms with E-state index in [1.165, 1.54) is 0 Å². The van der Waals surface area contributed by atoms with Gasteiger partial charge in [0, 0.05) is 25.4 Å². The van der Waals surface area contributed by atoms with E-state index in [1.807, 2.05) is 11.5 Å².